The molecule has 0 aromatic rings. The fourth-order valence-electron chi connectivity index (χ4n) is 1.13. The van der Waals surface area contributed by atoms with Crippen molar-refractivity contribution in [3.05, 3.63) is 23.8 Å². The van der Waals surface area contributed by atoms with E-state index >= 15 is 0 Å². The van der Waals surface area contributed by atoms with Crippen LogP contribution in [0.1, 0.15) is 13.3 Å². The predicted molar refractivity (Wildman–Crippen MR) is 60.5 cm³/mol. The Bertz CT molecular complexity index is 472. The molecule has 7 nitrogen and oxygen atoms in total. The van der Waals surface area contributed by atoms with Crippen molar-refractivity contribution in [1.29, 1.82) is 0 Å². The van der Waals surface area contributed by atoms with Crippen LogP contribution in [-0.4, -0.2) is 37.1 Å². The van der Waals surface area contributed by atoms with Crippen LogP contribution in [0.4, 0.5) is 0 Å². The smallest absolute Gasteiger partial charge is 0.342 e. The Kier molecular flexibility index (Phi) is 4.99. The van der Waals surface area contributed by atoms with Crippen LogP contribution in [0, 0.1) is 0 Å². The first-order chi connectivity index (χ1) is 8.90. The summed E-state index contributed by atoms with van der Waals surface area (Å²) in [6, 6.07) is 0. The second-order valence-corrected chi connectivity index (χ2v) is 3.69. The molecule has 1 aliphatic rings. The fourth-order valence-corrected chi connectivity index (χ4v) is 1.13. The Hall–Kier alpha value is -2.44. The molecule has 1 heterocycles. The minimum Gasteiger partial charge on any atom is -0.462 e. The van der Waals surface area contributed by atoms with Gasteiger partial charge in [-0.25, -0.2) is 14.4 Å². The van der Waals surface area contributed by atoms with Gasteiger partial charge in [0, 0.05) is 11.6 Å². The SMILES string of the molecule is C=C(C)C(=O)OCCOC(=O)CC1=CC(=O)OC1=O. The molecular weight excluding hydrogens is 256 g/mol. The third-order valence-corrected chi connectivity index (χ3v) is 2.01. The lowest BCUT2D eigenvalue weighted by Gasteiger charge is -2.05. The summed E-state index contributed by atoms with van der Waals surface area (Å²) in [6.45, 7) is 4.61. The quantitative estimate of drug-likeness (QED) is 0.221. The zero-order chi connectivity index (χ0) is 14.4. The molecule has 0 saturated carbocycles. The van der Waals surface area contributed by atoms with Gasteiger partial charge >= 0.3 is 23.9 Å². The van der Waals surface area contributed by atoms with Gasteiger partial charge in [0.05, 0.1) is 12.0 Å². The van der Waals surface area contributed by atoms with E-state index in [0.717, 1.165) is 6.08 Å². The summed E-state index contributed by atoms with van der Waals surface area (Å²) in [5.74, 6) is -2.95. The van der Waals surface area contributed by atoms with Crippen molar-refractivity contribution in [3.63, 3.8) is 0 Å². The van der Waals surface area contributed by atoms with E-state index in [0.29, 0.717) is 0 Å². The number of carbonyl (C=O) groups excluding carboxylic acids is 4. The van der Waals surface area contributed by atoms with Crippen LogP contribution < -0.4 is 0 Å². The summed E-state index contributed by atoms with van der Waals surface area (Å²) < 4.78 is 13.6. The molecule has 0 radical (unpaired) electrons. The van der Waals surface area contributed by atoms with Crippen molar-refractivity contribution < 1.29 is 33.4 Å². The molecule has 0 bridgehead atoms. The highest BCUT2D eigenvalue weighted by atomic mass is 16.6. The first kappa shape index (κ1) is 14.6. The molecule has 0 aromatic carbocycles. The average molecular weight is 268 g/mol. The highest BCUT2D eigenvalue weighted by Crippen LogP contribution is 2.12. The molecule has 0 N–H and O–H groups in total. The van der Waals surface area contributed by atoms with E-state index in [1.807, 2.05) is 0 Å². The van der Waals surface area contributed by atoms with E-state index in [9.17, 15) is 19.2 Å². The Labute approximate surface area is 108 Å². The maximum Gasteiger partial charge on any atom is 0.342 e. The van der Waals surface area contributed by atoms with E-state index in [-0.39, 0.29) is 30.8 Å². The molecule has 0 fully saturated rings. The summed E-state index contributed by atoms with van der Waals surface area (Å²) >= 11 is 0. The zero-order valence-electron chi connectivity index (χ0n) is 10.3. The van der Waals surface area contributed by atoms with Crippen molar-refractivity contribution in [3.8, 4) is 0 Å². The second-order valence-electron chi connectivity index (χ2n) is 3.69. The van der Waals surface area contributed by atoms with Gasteiger partial charge in [-0.3, -0.25) is 4.79 Å². The summed E-state index contributed by atoms with van der Waals surface area (Å²) in [6.07, 6.45) is 0.573. The van der Waals surface area contributed by atoms with Crippen LogP contribution in [0.15, 0.2) is 23.8 Å². The molecule has 7 heteroatoms. The Morgan fingerprint density at radius 1 is 1.26 bits per heavy atom. The third-order valence-electron chi connectivity index (χ3n) is 2.01. The van der Waals surface area contributed by atoms with E-state index in [1.165, 1.54) is 6.92 Å². The Morgan fingerprint density at radius 3 is 2.42 bits per heavy atom. The van der Waals surface area contributed by atoms with Crippen LogP contribution in [-0.2, 0) is 33.4 Å². The van der Waals surface area contributed by atoms with Gasteiger partial charge in [0.1, 0.15) is 13.2 Å². The van der Waals surface area contributed by atoms with E-state index in [1.54, 1.807) is 0 Å². The minimum atomic E-state index is -0.851. The topological polar surface area (TPSA) is 96.0 Å². The standard InChI is InChI=1S/C12H12O7/c1-7(2)11(15)18-4-3-17-9(13)5-8-6-10(14)19-12(8)16/h6H,1,3-5H2,2H3. The average Bonchev–Trinajstić information content (AvgIpc) is 2.63. The first-order valence-electron chi connectivity index (χ1n) is 5.35. The van der Waals surface area contributed by atoms with Crippen molar-refractivity contribution in [2.75, 3.05) is 13.2 Å². The number of carbonyl (C=O) groups is 4. The zero-order valence-corrected chi connectivity index (χ0v) is 10.3. The summed E-state index contributed by atoms with van der Waals surface area (Å²) in [5.41, 5.74) is 0.178. The van der Waals surface area contributed by atoms with Crippen LogP contribution >= 0.6 is 0 Å². The van der Waals surface area contributed by atoms with Crippen LogP contribution in [0.3, 0.4) is 0 Å². The maximum absolute atomic E-state index is 11.3. The molecule has 0 amide bonds. The normalized spacial score (nSPS) is 13.6. The molecule has 19 heavy (non-hydrogen) atoms. The lowest BCUT2D eigenvalue weighted by molar-refractivity contribution is -0.152. The van der Waals surface area contributed by atoms with Crippen LogP contribution in [0.5, 0.6) is 0 Å². The number of esters is 4. The van der Waals surface area contributed by atoms with E-state index < -0.39 is 23.9 Å². The largest absolute Gasteiger partial charge is 0.462 e. The number of hydrogen-bond donors (Lipinski definition) is 0. The monoisotopic (exact) mass is 268 g/mol. The van der Waals surface area contributed by atoms with Gasteiger partial charge in [-0.05, 0) is 6.92 Å². The number of hydrogen-bond acceptors (Lipinski definition) is 7. The molecule has 0 saturated heterocycles. The highest BCUT2D eigenvalue weighted by molar-refractivity contribution is 6.10. The molecule has 0 aromatic heterocycles. The van der Waals surface area contributed by atoms with Gasteiger partial charge in [0.15, 0.2) is 0 Å². The van der Waals surface area contributed by atoms with E-state index in [4.69, 9.17) is 4.74 Å². The van der Waals surface area contributed by atoms with Gasteiger partial charge in [0.25, 0.3) is 0 Å². The summed E-state index contributed by atoms with van der Waals surface area (Å²) in [5, 5.41) is 0. The number of rotatable bonds is 6. The summed E-state index contributed by atoms with van der Waals surface area (Å²) in [4.78, 5) is 44.0. The lowest BCUT2D eigenvalue weighted by atomic mass is 10.2. The molecule has 1 aliphatic heterocycles. The van der Waals surface area contributed by atoms with Gasteiger partial charge in [-0.15, -0.1) is 0 Å². The second kappa shape index (κ2) is 6.48. The molecule has 102 valence electrons. The van der Waals surface area contributed by atoms with Crippen molar-refractivity contribution in [2.24, 2.45) is 0 Å². The van der Waals surface area contributed by atoms with Gasteiger partial charge in [-0.1, -0.05) is 6.58 Å². The molecule has 1 rings (SSSR count). The first-order valence-corrected chi connectivity index (χ1v) is 5.35. The Balaban J connectivity index is 2.24. The molecule has 0 spiro atoms. The predicted octanol–water partition coefficient (Wildman–Crippen LogP) is 0.0488. The number of cyclic esters (lactones) is 2. The van der Waals surface area contributed by atoms with Gasteiger partial charge in [-0.2, -0.15) is 0 Å². The fraction of sp³-hybridized carbons (Fsp3) is 0.333. The Morgan fingerprint density at radius 2 is 1.89 bits per heavy atom. The number of ether oxygens (including phenoxy) is 3. The van der Waals surface area contributed by atoms with Crippen molar-refractivity contribution >= 4 is 23.9 Å². The summed E-state index contributed by atoms with van der Waals surface area (Å²) in [7, 11) is 0. The van der Waals surface area contributed by atoms with Crippen LogP contribution in [0.25, 0.3) is 0 Å². The molecule has 0 atom stereocenters. The van der Waals surface area contributed by atoms with Gasteiger partial charge < -0.3 is 14.2 Å². The highest BCUT2D eigenvalue weighted by Gasteiger charge is 2.25. The van der Waals surface area contributed by atoms with E-state index in [2.05, 4.69) is 16.1 Å². The molecule has 0 aliphatic carbocycles. The maximum atomic E-state index is 11.3. The van der Waals surface area contributed by atoms with Crippen molar-refractivity contribution in [1.82, 2.24) is 0 Å². The third kappa shape index (κ3) is 4.74. The lowest BCUT2D eigenvalue weighted by Crippen LogP contribution is -2.15. The molecule has 0 unspecified atom stereocenters. The van der Waals surface area contributed by atoms with Gasteiger partial charge in [0.2, 0.25) is 0 Å². The minimum absolute atomic E-state index is 0.0612. The van der Waals surface area contributed by atoms with Crippen LogP contribution in [0.2, 0.25) is 0 Å². The van der Waals surface area contributed by atoms with Crippen molar-refractivity contribution in [2.45, 2.75) is 13.3 Å². The molecular formula is C12H12O7.